The van der Waals surface area contributed by atoms with E-state index < -0.39 is 12.0 Å². The summed E-state index contributed by atoms with van der Waals surface area (Å²) in [5, 5.41) is 12.3. The molecule has 1 atom stereocenters. The van der Waals surface area contributed by atoms with Gasteiger partial charge in [0.05, 0.1) is 0 Å². The number of benzene rings is 1. The van der Waals surface area contributed by atoms with Gasteiger partial charge in [0, 0.05) is 16.3 Å². The van der Waals surface area contributed by atoms with Crippen molar-refractivity contribution in [3.8, 4) is 0 Å². The maximum absolute atomic E-state index is 11.7. The van der Waals surface area contributed by atoms with Gasteiger partial charge in [-0.25, -0.2) is 4.79 Å². The number of carbonyl (C=O) groups excluding carboxylic acids is 1. The van der Waals surface area contributed by atoms with E-state index >= 15 is 0 Å². The van der Waals surface area contributed by atoms with E-state index in [4.69, 9.17) is 16.7 Å². The van der Waals surface area contributed by atoms with Crippen LogP contribution in [0.1, 0.15) is 26.7 Å². The lowest BCUT2D eigenvalue weighted by Crippen LogP contribution is -2.44. The van der Waals surface area contributed by atoms with Gasteiger partial charge >= 0.3 is 5.97 Å². The highest BCUT2D eigenvalue weighted by Gasteiger charge is 2.22. The van der Waals surface area contributed by atoms with E-state index in [2.05, 4.69) is 5.32 Å². The molecule has 4 nitrogen and oxygen atoms in total. The number of carboxylic acids is 1. The van der Waals surface area contributed by atoms with Crippen LogP contribution >= 0.6 is 23.4 Å². The Morgan fingerprint density at radius 3 is 2.43 bits per heavy atom. The number of hydrogen-bond donors (Lipinski definition) is 2. The standard InChI is InChI=1S/C15H20ClNO3S/c1-10(2)14(15(19)20)17-13(18)4-3-9-21-12-7-5-11(16)6-8-12/h5-8,10,14H,3-4,9H2,1-2H3,(H,17,18)(H,19,20). The van der Waals surface area contributed by atoms with E-state index in [0.29, 0.717) is 17.9 Å². The Bertz CT molecular complexity index is 476. The zero-order chi connectivity index (χ0) is 15.8. The molecule has 0 saturated heterocycles. The smallest absolute Gasteiger partial charge is 0.326 e. The Labute approximate surface area is 134 Å². The van der Waals surface area contributed by atoms with Gasteiger partial charge in [-0.1, -0.05) is 25.4 Å². The molecule has 1 rings (SSSR count). The number of carboxylic acid groups (broad SMARTS) is 1. The lowest BCUT2D eigenvalue weighted by molar-refractivity contribution is -0.143. The highest BCUT2D eigenvalue weighted by Crippen LogP contribution is 2.21. The second kappa shape index (κ2) is 8.95. The third-order valence-corrected chi connectivity index (χ3v) is 4.23. The molecule has 0 spiro atoms. The molecule has 116 valence electrons. The fourth-order valence-electron chi connectivity index (χ4n) is 1.71. The molecule has 0 aromatic heterocycles. The summed E-state index contributed by atoms with van der Waals surface area (Å²) in [6.45, 7) is 3.55. The van der Waals surface area contributed by atoms with Crippen LogP contribution in [0.5, 0.6) is 0 Å². The summed E-state index contributed by atoms with van der Waals surface area (Å²) in [5.41, 5.74) is 0. The van der Waals surface area contributed by atoms with Gasteiger partial charge in [-0.3, -0.25) is 4.79 Å². The molecule has 0 fully saturated rings. The number of rotatable bonds is 8. The molecule has 1 amide bonds. The van der Waals surface area contributed by atoms with Crippen LogP contribution in [0.2, 0.25) is 5.02 Å². The van der Waals surface area contributed by atoms with Gasteiger partial charge in [0.1, 0.15) is 6.04 Å². The molecule has 0 aliphatic rings. The molecule has 1 aromatic rings. The summed E-state index contributed by atoms with van der Waals surface area (Å²) in [5.74, 6) is -0.536. The quantitative estimate of drug-likeness (QED) is 0.566. The Hall–Kier alpha value is -1.20. The zero-order valence-corrected chi connectivity index (χ0v) is 13.7. The molecule has 0 heterocycles. The first-order valence-corrected chi connectivity index (χ1v) is 8.17. The molecule has 0 bridgehead atoms. The van der Waals surface area contributed by atoms with Crippen molar-refractivity contribution in [3.05, 3.63) is 29.3 Å². The van der Waals surface area contributed by atoms with Crippen molar-refractivity contribution in [2.24, 2.45) is 5.92 Å². The highest BCUT2D eigenvalue weighted by molar-refractivity contribution is 7.99. The molecule has 2 N–H and O–H groups in total. The van der Waals surface area contributed by atoms with E-state index in [1.807, 2.05) is 24.3 Å². The zero-order valence-electron chi connectivity index (χ0n) is 12.1. The van der Waals surface area contributed by atoms with Crippen LogP contribution in [0.3, 0.4) is 0 Å². The first kappa shape index (κ1) is 17.9. The van der Waals surface area contributed by atoms with Gasteiger partial charge in [-0.15, -0.1) is 11.8 Å². The van der Waals surface area contributed by atoms with Crippen molar-refractivity contribution < 1.29 is 14.7 Å². The topological polar surface area (TPSA) is 66.4 Å². The molecule has 6 heteroatoms. The Balaban J connectivity index is 2.27. The minimum absolute atomic E-state index is 0.130. The minimum atomic E-state index is -0.992. The summed E-state index contributed by atoms with van der Waals surface area (Å²) in [4.78, 5) is 23.8. The fourth-order valence-corrected chi connectivity index (χ4v) is 2.69. The number of carbonyl (C=O) groups is 2. The normalized spacial score (nSPS) is 12.2. The number of hydrogen-bond acceptors (Lipinski definition) is 3. The molecule has 1 aromatic carbocycles. The van der Waals surface area contributed by atoms with Crippen molar-refractivity contribution in [2.75, 3.05) is 5.75 Å². The predicted octanol–water partition coefficient (Wildman–Crippen LogP) is 3.44. The van der Waals surface area contributed by atoms with E-state index in [0.717, 1.165) is 10.6 Å². The van der Waals surface area contributed by atoms with Gasteiger partial charge in [0.2, 0.25) is 5.91 Å². The van der Waals surface area contributed by atoms with E-state index in [1.165, 1.54) is 0 Å². The van der Waals surface area contributed by atoms with Crippen LogP contribution in [0.25, 0.3) is 0 Å². The summed E-state index contributed by atoms with van der Waals surface area (Å²) in [7, 11) is 0. The van der Waals surface area contributed by atoms with Crippen LogP contribution in [0, 0.1) is 5.92 Å². The first-order valence-electron chi connectivity index (χ1n) is 6.80. The molecular weight excluding hydrogens is 310 g/mol. The average Bonchev–Trinajstić information content (AvgIpc) is 2.42. The van der Waals surface area contributed by atoms with Crippen LogP contribution in [-0.2, 0) is 9.59 Å². The van der Waals surface area contributed by atoms with Crippen LogP contribution in [0.4, 0.5) is 0 Å². The van der Waals surface area contributed by atoms with Crippen molar-refractivity contribution in [1.29, 1.82) is 0 Å². The van der Waals surface area contributed by atoms with Crippen LogP contribution in [-0.4, -0.2) is 28.8 Å². The third kappa shape index (κ3) is 6.87. The maximum atomic E-state index is 11.7. The lowest BCUT2D eigenvalue weighted by Gasteiger charge is -2.17. The summed E-state index contributed by atoms with van der Waals surface area (Å²) >= 11 is 7.45. The minimum Gasteiger partial charge on any atom is -0.480 e. The molecule has 1 unspecified atom stereocenters. The summed E-state index contributed by atoms with van der Waals surface area (Å²) in [6.07, 6.45) is 1.03. The number of nitrogens with one attached hydrogen (secondary N) is 1. The number of amides is 1. The van der Waals surface area contributed by atoms with Crippen LogP contribution < -0.4 is 5.32 Å². The number of thioether (sulfide) groups is 1. The predicted molar refractivity (Wildman–Crippen MR) is 85.8 cm³/mol. The van der Waals surface area contributed by atoms with Gasteiger partial charge in [-0.05, 0) is 42.4 Å². The molecule has 0 saturated carbocycles. The van der Waals surface area contributed by atoms with Gasteiger partial charge < -0.3 is 10.4 Å². The summed E-state index contributed by atoms with van der Waals surface area (Å²) < 4.78 is 0. The Morgan fingerprint density at radius 2 is 1.90 bits per heavy atom. The average molecular weight is 330 g/mol. The van der Waals surface area contributed by atoms with Crippen molar-refractivity contribution in [1.82, 2.24) is 5.32 Å². The maximum Gasteiger partial charge on any atom is 0.326 e. The van der Waals surface area contributed by atoms with Gasteiger partial charge in [-0.2, -0.15) is 0 Å². The SMILES string of the molecule is CC(C)C(NC(=O)CCCSc1ccc(Cl)cc1)C(=O)O. The van der Waals surface area contributed by atoms with Gasteiger partial charge in [0.15, 0.2) is 0 Å². The number of aliphatic carboxylic acids is 1. The molecule has 0 radical (unpaired) electrons. The van der Waals surface area contributed by atoms with Crippen LogP contribution in [0.15, 0.2) is 29.2 Å². The van der Waals surface area contributed by atoms with Gasteiger partial charge in [0.25, 0.3) is 0 Å². The monoisotopic (exact) mass is 329 g/mol. The van der Waals surface area contributed by atoms with Crippen molar-refractivity contribution in [2.45, 2.75) is 37.6 Å². The van der Waals surface area contributed by atoms with Crippen molar-refractivity contribution >= 4 is 35.2 Å². The second-order valence-electron chi connectivity index (χ2n) is 5.03. The molecule has 0 aliphatic carbocycles. The van der Waals surface area contributed by atoms with E-state index in [9.17, 15) is 9.59 Å². The first-order chi connectivity index (χ1) is 9.90. The molecule has 21 heavy (non-hydrogen) atoms. The lowest BCUT2D eigenvalue weighted by atomic mass is 10.0. The molecular formula is C15H20ClNO3S. The molecule has 0 aliphatic heterocycles. The fraction of sp³-hybridized carbons (Fsp3) is 0.467. The second-order valence-corrected chi connectivity index (χ2v) is 6.64. The van der Waals surface area contributed by atoms with E-state index in [1.54, 1.807) is 25.6 Å². The Morgan fingerprint density at radius 1 is 1.29 bits per heavy atom. The Kier molecular flexibility index (Phi) is 7.61. The highest BCUT2D eigenvalue weighted by atomic mass is 35.5. The van der Waals surface area contributed by atoms with Crippen molar-refractivity contribution in [3.63, 3.8) is 0 Å². The third-order valence-electron chi connectivity index (χ3n) is 2.88. The largest absolute Gasteiger partial charge is 0.480 e. The number of halogens is 1. The van der Waals surface area contributed by atoms with E-state index in [-0.39, 0.29) is 11.8 Å². The summed E-state index contributed by atoms with van der Waals surface area (Å²) in [6, 6.07) is 6.72.